The summed E-state index contributed by atoms with van der Waals surface area (Å²) in [6.07, 6.45) is 0. The molecule has 0 saturated heterocycles. The first-order valence-corrected chi connectivity index (χ1v) is 5.31. The molecule has 0 aliphatic heterocycles. The number of H-pyrrole nitrogens is 1. The van der Waals surface area contributed by atoms with Crippen LogP contribution in [-0.4, -0.2) is 10.2 Å². The molecular weight excluding hydrogens is 221 g/mol. The number of rotatable bonds is 3. The van der Waals surface area contributed by atoms with Crippen molar-refractivity contribution in [2.75, 3.05) is 0 Å². The molecule has 0 saturated carbocycles. The van der Waals surface area contributed by atoms with E-state index in [0.717, 1.165) is 11.3 Å². The molecule has 2 aromatic rings. The number of aromatic nitrogens is 2. The lowest BCUT2D eigenvalue weighted by Crippen LogP contribution is -2.05. The maximum atomic E-state index is 13.7. The maximum Gasteiger partial charge on any atom is 0.238 e. The zero-order valence-electron chi connectivity index (χ0n) is 9.70. The first-order chi connectivity index (χ1) is 8.06. The predicted octanol–water partition coefficient (Wildman–Crippen LogP) is 2.67. The largest absolute Gasteiger partial charge is 0.434 e. The molecule has 5 heteroatoms. The van der Waals surface area contributed by atoms with Crippen LogP contribution in [-0.2, 0) is 0 Å². The Morgan fingerprint density at radius 3 is 2.71 bits per heavy atom. The standard InChI is InChI=1S/C12H14FN3O/c1-7-5-12(16-15-7)17-11-4-3-9(8(2)14)6-10(11)13/h3-6,8H,14H2,1-2H3,(H,15,16)/t8-/m0/s1. The molecule has 4 nitrogen and oxygen atoms in total. The quantitative estimate of drug-likeness (QED) is 0.859. The lowest BCUT2D eigenvalue weighted by molar-refractivity contribution is 0.426. The van der Waals surface area contributed by atoms with E-state index in [9.17, 15) is 4.39 Å². The number of aromatic amines is 1. The number of hydrogen-bond acceptors (Lipinski definition) is 3. The van der Waals surface area contributed by atoms with Gasteiger partial charge in [0.1, 0.15) is 0 Å². The Hall–Kier alpha value is -1.88. The molecule has 2 rings (SSSR count). The van der Waals surface area contributed by atoms with Gasteiger partial charge in [0.05, 0.1) is 0 Å². The molecule has 90 valence electrons. The second-order valence-corrected chi connectivity index (χ2v) is 3.97. The molecule has 0 amide bonds. The van der Waals surface area contributed by atoms with Gasteiger partial charge >= 0.3 is 0 Å². The van der Waals surface area contributed by atoms with Gasteiger partial charge in [0.2, 0.25) is 5.88 Å². The molecular formula is C12H14FN3O. The summed E-state index contributed by atoms with van der Waals surface area (Å²) < 4.78 is 19.0. The highest BCUT2D eigenvalue weighted by Crippen LogP contribution is 2.25. The van der Waals surface area contributed by atoms with Crippen molar-refractivity contribution in [2.24, 2.45) is 5.73 Å². The topological polar surface area (TPSA) is 63.9 Å². The summed E-state index contributed by atoms with van der Waals surface area (Å²) in [6.45, 7) is 3.64. The second kappa shape index (κ2) is 4.55. The summed E-state index contributed by atoms with van der Waals surface area (Å²) in [6, 6.07) is 6.16. The van der Waals surface area contributed by atoms with Gasteiger partial charge in [0.15, 0.2) is 11.6 Å². The third-order valence-corrected chi connectivity index (χ3v) is 2.38. The highest BCUT2D eigenvalue weighted by Gasteiger charge is 2.09. The van der Waals surface area contributed by atoms with Gasteiger partial charge in [0, 0.05) is 17.8 Å². The first-order valence-electron chi connectivity index (χ1n) is 5.31. The van der Waals surface area contributed by atoms with Crippen molar-refractivity contribution in [1.82, 2.24) is 10.2 Å². The van der Waals surface area contributed by atoms with E-state index >= 15 is 0 Å². The fourth-order valence-corrected chi connectivity index (χ4v) is 1.44. The van der Waals surface area contributed by atoms with E-state index in [1.165, 1.54) is 6.07 Å². The highest BCUT2D eigenvalue weighted by atomic mass is 19.1. The van der Waals surface area contributed by atoms with Crippen LogP contribution in [0.1, 0.15) is 24.2 Å². The Balaban J connectivity index is 2.22. The second-order valence-electron chi connectivity index (χ2n) is 3.97. The summed E-state index contributed by atoms with van der Waals surface area (Å²) in [4.78, 5) is 0. The molecule has 1 aromatic carbocycles. The Bertz CT molecular complexity index is 522. The third kappa shape index (κ3) is 2.62. The number of aryl methyl sites for hydroxylation is 1. The number of benzene rings is 1. The highest BCUT2D eigenvalue weighted by molar-refractivity contribution is 5.33. The molecule has 0 unspecified atom stereocenters. The molecule has 0 bridgehead atoms. The zero-order chi connectivity index (χ0) is 12.4. The van der Waals surface area contributed by atoms with Gasteiger partial charge in [-0.15, -0.1) is 5.10 Å². The number of ether oxygens (including phenoxy) is 1. The Kier molecular flexibility index (Phi) is 3.10. The number of hydrogen-bond donors (Lipinski definition) is 2. The van der Waals surface area contributed by atoms with Crippen LogP contribution in [0.3, 0.4) is 0 Å². The molecule has 1 heterocycles. The summed E-state index contributed by atoms with van der Waals surface area (Å²) >= 11 is 0. The van der Waals surface area contributed by atoms with Crippen molar-refractivity contribution in [1.29, 1.82) is 0 Å². The van der Waals surface area contributed by atoms with Crippen molar-refractivity contribution < 1.29 is 9.13 Å². The Morgan fingerprint density at radius 1 is 1.41 bits per heavy atom. The lowest BCUT2D eigenvalue weighted by Gasteiger charge is -2.08. The lowest BCUT2D eigenvalue weighted by atomic mass is 10.1. The summed E-state index contributed by atoms with van der Waals surface area (Å²) in [5.41, 5.74) is 7.25. The molecule has 0 radical (unpaired) electrons. The van der Waals surface area contributed by atoms with Crippen LogP contribution in [0.2, 0.25) is 0 Å². The average Bonchev–Trinajstić information content (AvgIpc) is 2.67. The van der Waals surface area contributed by atoms with Gasteiger partial charge in [0.25, 0.3) is 0 Å². The van der Waals surface area contributed by atoms with E-state index < -0.39 is 5.82 Å². The van der Waals surface area contributed by atoms with E-state index in [0.29, 0.717) is 5.88 Å². The Morgan fingerprint density at radius 2 is 2.18 bits per heavy atom. The smallest absolute Gasteiger partial charge is 0.238 e. The minimum absolute atomic E-state index is 0.140. The van der Waals surface area contributed by atoms with E-state index in [2.05, 4.69) is 10.2 Å². The average molecular weight is 235 g/mol. The summed E-state index contributed by atoms with van der Waals surface area (Å²) in [5.74, 6) is 0.0382. The van der Waals surface area contributed by atoms with E-state index in [1.807, 2.05) is 6.92 Å². The van der Waals surface area contributed by atoms with E-state index in [4.69, 9.17) is 10.5 Å². The number of halogens is 1. The van der Waals surface area contributed by atoms with E-state index in [1.54, 1.807) is 25.1 Å². The van der Waals surface area contributed by atoms with Crippen molar-refractivity contribution in [2.45, 2.75) is 19.9 Å². The fourth-order valence-electron chi connectivity index (χ4n) is 1.44. The number of nitrogens with two attached hydrogens (primary N) is 1. The third-order valence-electron chi connectivity index (χ3n) is 2.38. The van der Waals surface area contributed by atoms with E-state index in [-0.39, 0.29) is 11.8 Å². The van der Waals surface area contributed by atoms with Gasteiger partial charge in [-0.25, -0.2) is 4.39 Å². The SMILES string of the molecule is Cc1cc(Oc2ccc([C@H](C)N)cc2F)n[nH]1. The summed E-state index contributed by atoms with van der Waals surface area (Å²) in [7, 11) is 0. The molecule has 17 heavy (non-hydrogen) atoms. The predicted molar refractivity (Wildman–Crippen MR) is 62.4 cm³/mol. The Labute approximate surface area is 98.6 Å². The van der Waals surface area contributed by atoms with Crippen LogP contribution in [0, 0.1) is 12.7 Å². The van der Waals surface area contributed by atoms with Gasteiger partial charge in [-0.2, -0.15) is 0 Å². The van der Waals surface area contributed by atoms with Gasteiger partial charge < -0.3 is 10.5 Å². The monoisotopic (exact) mass is 235 g/mol. The molecule has 3 N–H and O–H groups in total. The van der Waals surface area contributed by atoms with Crippen LogP contribution < -0.4 is 10.5 Å². The summed E-state index contributed by atoms with van der Waals surface area (Å²) in [5, 5.41) is 6.59. The van der Waals surface area contributed by atoms with Gasteiger partial charge in [-0.05, 0) is 31.5 Å². The molecule has 1 atom stereocenters. The van der Waals surface area contributed by atoms with Crippen LogP contribution in [0.4, 0.5) is 4.39 Å². The minimum atomic E-state index is -0.444. The normalized spacial score (nSPS) is 12.5. The van der Waals surface area contributed by atoms with Crippen LogP contribution >= 0.6 is 0 Å². The fraction of sp³-hybridized carbons (Fsp3) is 0.250. The number of nitrogens with one attached hydrogen (secondary N) is 1. The molecule has 0 aliphatic rings. The van der Waals surface area contributed by atoms with Crippen molar-refractivity contribution in [3.63, 3.8) is 0 Å². The van der Waals surface area contributed by atoms with Crippen LogP contribution in [0.25, 0.3) is 0 Å². The molecule has 0 aliphatic carbocycles. The first kappa shape index (κ1) is 11.6. The molecule has 0 spiro atoms. The van der Waals surface area contributed by atoms with Crippen LogP contribution in [0.15, 0.2) is 24.3 Å². The molecule has 0 fully saturated rings. The van der Waals surface area contributed by atoms with Crippen LogP contribution in [0.5, 0.6) is 11.6 Å². The zero-order valence-corrected chi connectivity index (χ0v) is 9.70. The molecule has 1 aromatic heterocycles. The van der Waals surface area contributed by atoms with Gasteiger partial charge in [-0.3, -0.25) is 5.10 Å². The van der Waals surface area contributed by atoms with Crippen molar-refractivity contribution in [3.05, 3.63) is 41.3 Å². The number of nitrogens with zero attached hydrogens (tertiary/aromatic N) is 1. The van der Waals surface area contributed by atoms with Crippen molar-refractivity contribution in [3.8, 4) is 11.6 Å². The minimum Gasteiger partial charge on any atom is -0.434 e. The van der Waals surface area contributed by atoms with Crippen molar-refractivity contribution >= 4 is 0 Å². The van der Waals surface area contributed by atoms with Gasteiger partial charge in [-0.1, -0.05) is 6.07 Å². The maximum absolute atomic E-state index is 13.7.